The van der Waals surface area contributed by atoms with Crippen molar-refractivity contribution in [2.24, 2.45) is 0 Å². The maximum absolute atomic E-state index is 13.2. The Morgan fingerprint density at radius 1 is 1.06 bits per heavy atom. The predicted octanol–water partition coefficient (Wildman–Crippen LogP) is 3.99. The summed E-state index contributed by atoms with van der Waals surface area (Å²) in [5.41, 5.74) is 0.411. The number of hydrogen-bond donors (Lipinski definition) is 1. The van der Waals surface area contributed by atoms with Crippen LogP contribution in [0.2, 0.25) is 0 Å². The van der Waals surface area contributed by atoms with Crippen molar-refractivity contribution in [2.45, 2.75) is 16.7 Å². The third-order valence-electron chi connectivity index (χ3n) is 5.21. The molecule has 0 bridgehead atoms. The molecule has 0 spiro atoms. The van der Waals surface area contributed by atoms with Crippen LogP contribution in [0, 0.1) is 0 Å². The molecule has 1 saturated heterocycles. The Bertz CT molecular complexity index is 1240. The lowest BCUT2D eigenvalue weighted by Gasteiger charge is -2.27. The highest BCUT2D eigenvalue weighted by molar-refractivity contribution is 8.00. The number of morpholine rings is 1. The molecule has 0 aromatic heterocycles. The number of hydrogen-bond acceptors (Lipinski definition) is 6. The fraction of sp³-hybridized carbons (Fsp3) is 0.292. The number of fused-ring (bicyclic) bond motifs is 1. The van der Waals surface area contributed by atoms with Gasteiger partial charge in [0.1, 0.15) is 10.6 Å². The van der Waals surface area contributed by atoms with Gasteiger partial charge >= 0.3 is 0 Å². The third-order valence-corrected chi connectivity index (χ3v) is 8.12. The number of anilines is 1. The standard InChI is InChI=1S/C24H26N2O5S2/c1-2-31-22-10-8-20(16-23(22)33(28,29)26-11-13-30-14-12-26)25-24(27)17-32-21-9-7-18-5-3-4-6-19(18)15-21/h3-10,15-16H,2,11-14,17H2,1H3,(H,25,27). The molecule has 9 heteroatoms. The van der Waals surface area contributed by atoms with Gasteiger partial charge in [0.25, 0.3) is 0 Å². The number of carbonyl (C=O) groups excluding carboxylic acids is 1. The van der Waals surface area contributed by atoms with Crippen molar-refractivity contribution in [3.05, 3.63) is 60.7 Å². The minimum Gasteiger partial charge on any atom is -0.492 e. The van der Waals surface area contributed by atoms with Crippen LogP contribution in [0.5, 0.6) is 5.75 Å². The van der Waals surface area contributed by atoms with Gasteiger partial charge in [-0.1, -0.05) is 30.3 Å². The number of sulfonamides is 1. The van der Waals surface area contributed by atoms with Crippen LogP contribution in [0.1, 0.15) is 6.92 Å². The zero-order valence-corrected chi connectivity index (χ0v) is 20.0. The van der Waals surface area contributed by atoms with E-state index in [9.17, 15) is 13.2 Å². The predicted molar refractivity (Wildman–Crippen MR) is 130 cm³/mol. The average Bonchev–Trinajstić information content (AvgIpc) is 2.84. The molecule has 33 heavy (non-hydrogen) atoms. The van der Waals surface area contributed by atoms with Crippen molar-refractivity contribution in [1.29, 1.82) is 0 Å². The van der Waals surface area contributed by atoms with Crippen molar-refractivity contribution in [3.8, 4) is 5.75 Å². The molecule has 3 aromatic rings. The van der Waals surface area contributed by atoms with E-state index in [1.165, 1.54) is 22.1 Å². The molecule has 1 fully saturated rings. The largest absolute Gasteiger partial charge is 0.492 e. The lowest BCUT2D eigenvalue weighted by atomic mass is 10.1. The Balaban J connectivity index is 1.47. The maximum Gasteiger partial charge on any atom is 0.246 e. The monoisotopic (exact) mass is 486 g/mol. The summed E-state index contributed by atoms with van der Waals surface area (Å²) < 4.78 is 38.6. The lowest BCUT2D eigenvalue weighted by molar-refractivity contribution is -0.113. The molecule has 1 N–H and O–H groups in total. The van der Waals surface area contributed by atoms with Crippen molar-refractivity contribution in [3.63, 3.8) is 0 Å². The van der Waals surface area contributed by atoms with Gasteiger partial charge in [0, 0.05) is 23.7 Å². The molecule has 0 atom stereocenters. The highest BCUT2D eigenvalue weighted by atomic mass is 32.2. The van der Waals surface area contributed by atoms with E-state index in [0.717, 1.165) is 15.7 Å². The van der Waals surface area contributed by atoms with Crippen LogP contribution < -0.4 is 10.1 Å². The fourth-order valence-corrected chi connectivity index (χ4v) is 5.90. The normalized spacial score (nSPS) is 14.8. The maximum atomic E-state index is 13.2. The molecule has 174 valence electrons. The minimum atomic E-state index is -3.78. The summed E-state index contributed by atoms with van der Waals surface area (Å²) in [6.45, 7) is 3.40. The molecular formula is C24H26N2O5S2. The summed E-state index contributed by atoms with van der Waals surface area (Å²) >= 11 is 1.43. The van der Waals surface area contributed by atoms with Crippen molar-refractivity contribution in [2.75, 3.05) is 44.0 Å². The van der Waals surface area contributed by atoms with Crippen LogP contribution in [0.25, 0.3) is 10.8 Å². The zero-order valence-electron chi connectivity index (χ0n) is 18.3. The molecule has 1 heterocycles. The number of nitrogens with one attached hydrogen (secondary N) is 1. The molecule has 1 aliphatic rings. The molecule has 1 amide bonds. The van der Waals surface area contributed by atoms with Crippen molar-refractivity contribution in [1.82, 2.24) is 4.31 Å². The Labute approximate surface area is 198 Å². The van der Waals surface area contributed by atoms with Gasteiger partial charge in [-0.15, -0.1) is 11.8 Å². The smallest absolute Gasteiger partial charge is 0.246 e. The van der Waals surface area contributed by atoms with Gasteiger partial charge < -0.3 is 14.8 Å². The van der Waals surface area contributed by atoms with E-state index in [1.807, 2.05) is 36.4 Å². The van der Waals surface area contributed by atoms with Crippen molar-refractivity contribution < 1.29 is 22.7 Å². The second-order valence-electron chi connectivity index (χ2n) is 7.46. The number of carbonyl (C=O) groups is 1. The quantitative estimate of drug-likeness (QED) is 0.485. The molecule has 0 saturated carbocycles. The van der Waals surface area contributed by atoms with Gasteiger partial charge in [0.15, 0.2) is 0 Å². The van der Waals surface area contributed by atoms with Crippen LogP contribution in [-0.4, -0.2) is 57.3 Å². The first-order valence-electron chi connectivity index (χ1n) is 10.7. The molecule has 4 rings (SSSR count). The third kappa shape index (κ3) is 5.67. The summed E-state index contributed by atoms with van der Waals surface area (Å²) in [7, 11) is -3.78. The molecule has 3 aromatic carbocycles. The summed E-state index contributed by atoms with van der Waals surface area (Å²) in [5.74, 6) is 0.261. The fourth-order valence-electron chi connectivity index (χ4n) is 3.59. The molecule has 7 nitrogen and oxygen atoms in total. The van der Waals surface area contributed by atoms with E-state index in [1.54, 1.807) is 19.1 Å². The molecule has 0 aliphatic carbocycles. The Kier molecular flexibility index (Phi) is 7.54. The minimum absolute atomic E-state index is 0.0474. The Hall–Kier alpha value is -2.59. The van der Waals surface area contributed by atoms with Gasteiger partial charge in [-0.25, -0.2) is 8.42 Å². The van der Waals surface area contributed by atoms with Gasteiger partial charge in [0.2, 0.25) is 15.9 Å². The van der Waals surface area contributed by atoms with Gasteiger partial charge in [0.05, 0.1) is 25.6 Å². The second-order valence-corrected chi connectivity index (χ2v) is 10.4. The summed E-state index contributed by atoms with van der Waals surface area (Å²) in [6, 6.07) is 18.8. The number of benzene rings is 3. The number of ether oxygens (including phenoxy) is 2. The molecule has 1 aliphatic heterocycles. The summed E-state index contributed by atoms with van der Waals surface area (Å²) in [5, 5.41) is 5.08. The number of amides is 1. The average molecular weight is 487 g/mol. The van der Waals surface area contributed by atoms with Crippen LogP contribution in [0.15, 0.2) is 70.5 Å². The van der Waals surface area contributed by atoms with E-state index in [4.69, 9.17) is 9.47 Å². The Morgan fingerprint density at radius 2 is 1.82 bits per heavy atom. The van der Waals surface area contributed by atoms with Gasteiger partial charge in [-0.2, -0.15) is 4.31 Å². The van der Waals surface area contributed by atoms with Crippen LogP contribution >= 0.6 is 11.8 Å². The first kappa shape index (κ1) is 23.6. The number of thioether (sulfide) groups is 1. The molecule has 0 unspecified atom stereocenters. The summed E-state index contributed by atoms with van der Waals surface area (Å²) in [4.78, 5) is 13.6. The highest BCUT2D eigenvalue weighted by Crippen LogP contribution is 2.31. The van der Waals surface area contributed by atoms with E-state index >= 15 is 0 Å². The number of rotatable bonds is 8. The SMILES string of the molecule is CCOc1ccc(NC(=O)CSc2ccc3ccccc3c2)cc1S(=O)(=O)N1CCOCC1. The second kappa shape index (κ2) is 10.6. The van der Waals surface area contributed by atoms with Crippen LogP contribution in [0.4, 0.5) is 5.69 Å². The van der Waals surface area contributed by atoms with Crippen LogP contribution in [0.3, 0.4) is 0 Å². The lowest BCUT2D eigenvalue weighted by Crippen LogP contribution is -2.40. The van der Waals surface area contributed by atoms with Gasteiger partial charge in [-0.3, -0.25) is 4.79 Å². The van der Waals surface area contributed by atoms with E-state index in [-0.39, 0.29) is 35.4 Å². The van der Waals surface area contributed by atoms with E-state index in [2.05, 4.69) is 11.4 Å². The first-order valence-corrected chi connectivity index (χ1v) is 13.2. The van der Waals surface area contributed by atoms with Crippen LogP contribution in [-0.2, 0) is 19.6 Å². The zero-order chi connectivity index (χ0) is 23.3. The van der Waals surface area contributed by atoms with E-state index < -0.39 is 10.0 Å². The molecular weight excluding hydrogens is 460 g/mol. The summed E-state index contributed by atoms with van der Waals surface area (Å²) in [6.07, 6.45) is 0. The molecule has 0 radical (unpaired) electrons. The van der Waals surface area contributed by atoms with Crippen molar-refractivity contribution >= 4 is 44.2 Å². The van der Waals surface area contributed by atoms with Gasteiger partial charge in [-0.05, 0) is 48.0 Å². The Morgan fingerprint density at radius 3 is 2.58 bits per heavy atom. The number of nitrogens with zero attached hydrogens (tertiary/aromatic N) is 1. The topological polar surface area (TPSA) is 84.9 Å². The first-order chi connectivity index (χ1) is 16.0. The van der Waals surface area contributed by atoms with E-state index in [0.29, 0.717) is 25.5 Å². The highest BCUT2D eigenvalue weighted by Gasteiger charge is 2.29.